The third kappa shape index (κ3) is 28.5. The molecule has 0 spiro atoms. The summed E-state index contributed by atoms with van der Waals surface area (Å²) in [5, 5.41) is 50.1. The molecule has 14 heteroatoms. The predicted molar refractivity (Wildman–Crippen MR) is 230 cm³/mol. The fraction of sp³-hybridized carbons (Fsp3) is 0.867. The van der Waals surface area contributed by atoms with Crippen LogP contribution in [0.25, 0.3) is 0 Å². The van der Waals surface area contributed by atoms with E-state index in [1.165, 1.54) is 96.3 Å². The maximum atomic E-state index is 12.8. The minimum atomic E-state index is -5.11. The molecule has 1 aliphatic carbocycles. The highest BCUT2D eigenvalue weighted by Crippen LogP contribution is 2.47. The molecule has 346 valence electrons. The monoisotopic (exact) mass is 863 g/mol. The second-order valence-corrected chi connectivity index (χ2v) is 17.7. The number of rotatable bonds is 39. The number of carbonyl (C=O) groups is 2. The van der Waals surface area contributed by atoms with Crippen molar-refractivity contribution in [2.75, 3.05) is 13.2 Å². The number of aliphatic hydroxyl groups excluding tert-OH is 5. The van der Waals surface area contributed by atoms with Gasteiger partial charge in [0.15, 0.2) is 6.10 Å². The van der Waals surface area contributed by atoms with Gasteiger partial charge in [0, 0.05) is 12.8 Å². The number of phosphoric ester groups is 1. The van der Waals surface area contributed by atoms with Crippen molar-refractivity contribution < 1.29 is 63.1 Å². The van der Waals surface area contributed by atoms with Crippen molar-refractivity contribution >= 4 is 19.8 Å². The van der Waals surface area contributed by atoms with E-state index in [9.17, 15) is 44.6 Å². The van der Waals surface area contributed by atoms with E-state index in [-0.39, 0.29) is 12.8 Å². The summed E-state index contributed by atoms with van der Waals surface area (Å²) >= 11 is 0. The topological polar surface area (TPSA) is 210 Å². The molecule has 13 nitrogen and oxygen atoms in total. The molecule has 8 atom stereocenters. The van der Waals surface area contributed by atoms with E-state index in [0.717, 1.165) is 64.2 Å². The summed E-state index contributed by atoms with van der Waals surface area (Å²) in [6, 6.07) is 0. The molecule has 0 heterocycles. The lowest BCUT2D eigenvalue weighted by Crippen LogP contribution is -2.64. The summed E-state index contributed by atoms with van der Waals surface area (Å²) in [7, 11) is -5.11. The molecule has 0 aromatic rings. The SMILES string of the molecule is C=CCCCCCCCCCCCCCCCC(=O)O[C@H](COC(=O)CCCCCCCCC/C=C/CCCCCC)COP(=O)(O)OC1C(O)C(O)C(O)[C@@H](O)C1O. The standard InChI is InChI=1S/C45H83O13P/c1-3-5-7-9-11-13-15-17-19-21-23-25-27-29-31-33-38(46)55-35-37(36-56-59(53,54)58-45-43(51)41(49)40(48)42(50)44(45)52)57-39(47)34-32-30-28-26-24-22-20-18-16-14-12-10-8-6-4-2/h4,13,15,37,40-45,48-52H,2-3,5-12,14,16-36H2,1H3,(H,53,54)/b15-13+/t37-,40?,41-,42?,43?,44?,45?/m1/s1. The molecular weight excluding hydrogens is 779 g/mol. The van der Waals surface area contributed by atoms with Crippen LogP contribution in [-0.2, 0) is 32.7 Å². The average Bonchev–Trinajstić information content (AvgIpc) is 3.21. The number of hydrogen-bond donors (Lipinski definition) is 6. The highest BCUT2D eigenvalue weighted by Gasteiger charge is 2.51. The highest BCUT2D eigenvalue weighted by molar-refractivity contribution is 7.47. The first kappa shape index (κ1) is 55.3. The van der Waals surface area contributed by atoms with Gasteiger partial charge < -0.3 is 39.9 Å². The van der Waals surface area contributed by atoms with Crippen LogP contribution in [0.5, 0.6) is 0 Å². The van der Waals surface area contributed by atoms with E-state index in [1.807, 2.05) is 6.08 Å². The minimum Gasteiger partial charge on any atom is -0.462 e. The van der Waals surface area contributed by atoms with E-state index in [1.54, 1.807) is 0 Å². The number of aliphatic hydroxyl groups is 5. The van der Waals surface area contributed by atoms with Crippen molar-refractivity contribution in [1.29, 1.82) is 0 Å². The largest absolute Gasteiger partial charge is 0.472 e. The lowest BCUT2D eigenvalue weighted by molar-refractivity contribution is -0.220. The molecule has 0 aromatic carbocycles. The summed E-state index contributed by atoms with van der Waals surface area (Å²) in [5.41, 5.74) is 0. The van der Waals surface area contributed by atoms with Crippen LogP contribution in [0.1, 0.15) is 193 Å². The summed E-state index contributed by atoms with van der Waals surface area (Å²) in [5.74, 6) is -1.10. The van der Waals surface area contributed by atoms with Crippen molar-refractivity contribution in [3.05, 3.63) is 24.8 Å². The second-order valence-electron chi connectivity index (χ2n) is 16.3. The lowest BCUT2D eigenvalue weighted by Gasteiger charge is -2.41. The van der Waals surface area contributed by atoms with Crippen molar-refractivity contribution in [2.24, 2.45) is 0 Å². The van der Waals surface area contributed by atoms with E-state index in [0.29, 0.717) is 12.8 Å². The Morgan fingerprint density at radius 1 is 0.559 bits per heavy atom. The molecule has 0 saturated heterocycles. The number of esters is 2. The van der Waals surface area contributed by atoms with Crippen molar-refractivity contribution in [3.63, 3.8) is 0 Å². The molecule has 1 rings (SSSR count). The molecule has 59 heavy (non-hydrogen) atoms. The highest BCUT2D eigenvalue weighted by atomic mass is 31.2. The lowest BCUT2D eigenvalue weighted by atomic mass is 9.85. The predicted octanol–water partition coefficient (Wildman–Crippen LogP) is 8.84. The smallest absolute Gasteiger partial charge is 0.462 e. The third-order valence-corrected chi connectivity index (χ3v) is 11.9. The molecule has 1 saturated carbocycles. The minimum absolute atomic E-state index is 0.0962. The van der Waals surface area contributed by atoms with E-state index >= 15 is 0 Å². The van der Waals surface area contributed by atoms with Gasteiger partial charge in [-0.3, -0.25) is 18.6 Å². The van der Waals surface area contributed by atoms with Gasteiger partial charge in [-0.15, -0.1) is 6.58 Å². The van der Waals surface area contributed by atoms with Crippen molar-refractivity contribution in [1.82, 2.24) is 0 Å². The zero-order valence-corrected chi connectivity index (χ0v) is 37.3. The number of ether oxygens (including phenoxy) is 2. The first-order chi connectivity index (χ1) is 28.4. The van der Waals surface area contributed by atoms with Crippen LogP contribution in [0.4, 0.5) is 0 Å². The molecule has 0 amide bonds. The van der Waals surface area contributed by atoms with Crippen LogP contribution in [0.3, 0.4) is 0 Å². The van der Waals surface area contributed by atoms with Crippen molar-refractivity contribution in [3.8, 4) is 0 Å². The number of phosphoric acid groups is 1. The Bertz CT molecular complexity index is 1120. The Balaban J connectivity index is 2.45. The first-order valence-electron chi connectivity index (χ1n) is 23.1. The van der Waals surface area contributed by atoms with Gasteiger partial charge >= 0.3 is 19.8 Å². The van der Waals surface area contributed by atoms with E-state index in [2.05, 4.69) is 25.7 Å². The third-order valence-electron chi connectivity index (χ3n) is 10.9. The number of unbranched alkanes of at least 4 members (excludes halogenated alkanes) is 24. The molecule has 0 aromatic heterocycles. The Labute approximate surface area is 356 Å². The van der Waals surface area contributed by atoms with Crippen LogP contribution in [0, 0.1) is 0 Å². The maximum absolute atomic E-state index is 12.8. The van der Waals surface area contributed by atoms with Crippen LogP contribution >= 0.6 is 7.82 Å². The van der Waals surface area contributed by atoms with Gasteiger partial charge in [0.05, 0.1) is 6.61 Å². The van der Waals surface area contributed by atoms with Crippen LogP contribution < -0.4 is 0 Å². The van der Waals surface area contributed by atoms with Gasteiger partial charge in [0.1, 0.15) is 43.2 Å². The molecule has 1 aliphatic rings. The molecule has 0 aliphatic heterocycles. The second kappa shape index (κ2) is 35.9. The normalized spacial score (nSPS) is 22.3. The van der Waals surface area contributed by atoms with E-state index < -0.39 is 75.7 Å². The number of carbonyl (C=O) groups excluding carboxylic acids is 2. The Morgan fingerprint density at radius 3 is 1.41 bits per heavy atom. The first-order valence-corrected chi connectivity index (χ1v) is 24.6. The zero-order valence-electron chi connectivity index (χ0n) is 36.4. The van der Waals surface area contributed by atoms with Crippen LogP contribution in [0.15, 0.2) is 24.8 Å². The van der Waals surface area contributed by atoms with E-state index in [4.69, 9.17) is 18.5 Å². The van der Waals surface area contributed by atoms with Gasteiger partial charge in [-0.2, -0.15) is 0 Å². The Kier molecular flexibility index (Phi) is 33.7. The average molecular weight is 863 g/mol. The van der Waals surface area contributed by atoms with Gasteiger partial charge in [-0.1, -0.05) is 147 Å². The van der Waals surface area contributed by atoms with Crippen LogP contribution in [-0.4, -0.2) is 98.3 Å². The molecule has 0 radical (unpaired) electrons. The van der Waals surface area contributed by atoms with Gasteiger partial charge in [0.2, 0.25) is 0 Å². The van der Waals surface area contributed by atoms with Gasteiger partial charge in [-0.25, -0.2) is 4.57 Å². The fourth-order valence-electron chi connectivity index (χ4n) is 7.14. The molecule has 6 unspecified atom stereocenters. The molecular formula is C45H83O13P. The number of allylic oxidation sites excluding steroid dienone is 3. The molecule has 0 bridgehead atoms. The van der Waals surface area contributed by atoms with Gasteiger partial charge in [0.25, 0.3) is 0 Å². The summed E-state index contributed by atoms with van der Waals surface area (Å²) in [6.45, 7) is 4.82. The quantitative estimate of drug-likeness (QED) is 0.0148. The summed E-state index contributed by atoms with van der Waals surface area (Å²) in [4.78, 5) is 35.7. The molecule has 1 fully saturated rings. The Hall–Kier alpha value is -1.67. The van der Waals surface area contributed by atoms with Gasteiger partial charge in [-0.05, 0) is 51.4 Å². The molecule has 6 N–H and O–H groups in total. The maximum Gasteiger partial charge on any atom is 0.472 e. The van der Waals surface area contributed by atoms with Crippen LogP contribution in [0.2, 0.25) is 0 Å². The zero-order chi connectivity index (χ0) is 43.6. The van der Waals surface area contributed by atoms with Crippen molar-refractivity contribution in [2.45, 2.75) is 236 Å². The number of hydrogen-bond acceptors (Lipinski definition) is 12. The summed E-state index contributed by atoms with van der Waals surface area (Å²) < 4.78 is 33.5. The fourth-order valence-corrected chi connectivity index (χ4v) is 8.12. The summed E-state index contributed by atoms with van der Waals surface area (Å²) in [6.07, 6.45) is 24.1. The Morgan fingerprint density at radius 2 is 0.949 bits per heavy atom.